The molecule has 0 atom stereocenters. The number of rotatable bonds is 4. The van der Waals surface area contributed by atoms with Crippen LogP contribution in [0.2, 0.25) is 0 Å². The quantitative estimate of drug-likeness (QED) is 0.867. The second-order valence-corrected chi connectivity index (χ2v) is 7.47. The normalized spacial score (nSPS) is 22.4. The minimum absolute atomic E-state index is 0.549. The van der Waals surface area contributed by atoms with Crippen LogP contribution in [0.1, 0.15) is 44.7 Å². The summed E-state index contributed by atoms with van der Waals surface area (Å²) in [6, 6.07) is 0.549. The number of nitrogens with two attached hydrogens (primary N) is 1. The van der Waals surface area contributed by atoms with Crippen LogP contribution >= 0.6 is 22.9 Å². The highest BCUT2D eigenvalue weighted by Gasteiger charge is 2.23. The average Bonchev–Trinajstić information content (AvgIpc) is 3.06. The van der Waals surface area contributed by atoms with Gasteiger partial charge in [-0.3, -0.25) is 0 Å². The Balaban J connectivity index is 1.75. The van der Waals surface area contributed by atoms with Gasteiger partial charge in [-0.05, 0) is 50.1 Å². The van der Waals surface area contributed by atoms with Gasteiger partial charge in [0.05, 0.1) is 5.56 Å². The third-order valence-electron chi connectivity index (χ3n) is 4.31. The van der Waals surface area contributed by atoms with E-state index in [0.29, 0.717) is 11.9 Å². The maximum Gasteiger partial charge on any atom is 0.149 e. The van der Waals surface area contributed by atoms with Crippen LogP contribution in [-0.2, 0) is 0 Å². The zero-order valence-corrected chi connectivity index (χ0v) is 14.2. The van der Waals surface area contributed by atoms with Gasteiger partial charge >= 0.3 is 0 Å². The number of aromatic nitrogens is 2. The number of nitrogens with zero attached hydrogens (tertiary/aromatic N) is 2. The minimum atomic E-state index is 0.549. The summed E-state index contributed by atoms with van der Waals surface area (Å²) in [4.78, 5) is 4.56. The first kappa shape index (κ1) is 14.8. The molecule has 4 nitrogen and oxygen atoms in total. The summed E-state index contributed by atoms with van der Waals surface area (Å²) in [5, 5.41) is 7.78. The largest absolute Gasteiger partial charge is 0.382 e. The van der Waals surface area contributed by atoms with Crippen molar-refractivity contribution in [2.24, 2.45) is 5.92 Å². The molecule has 0 aromatic carbocycles. The highest BCUT2D eigenvalue weighted by atomic mass is 32.1. The molecule has 0 aliphatic heterocycles. The molecule has 0 saturated heterocycles. The average molecular weight is 323 g/mol. The summed E-state index contributed by atoms with van der Waals surface area (Å²) < 4.78 is 4.32. The summed E-state index contributed by atoms with van der Waals surface area (Å²) in [7, 11) is 0. The Morgan fingerprint density at radius 3 is 2.71 bits per heavy atom. The molecule has 6 heteroatoms. The van der Waals surface area contributed by atoms with E-state index in [9.17, 15) is 0 Å². The Labute approximate surface area is 134 Å². The van der Waals surface area contributed by atoms with Crippen molar-refractivity contribution >= 4 is 33.7 Å². The fourth-order valence-corrected chi connectivity index (χ4v) is 4.69. The maximum absolute atomic E-state index is 6.06. The van der Waals surface area contributed by atoms with Gasteiger partial charge in [0.1, 0.15) is 15.8 Å². The van der Waals surface area contributed by atoms with Crippen molar-refractivity contribution in [1.82, 2.24) is 9.36 Å². The molecule has 21 heavy (non-hydrogen) atoms. The predicted molar refractivity (Wildman–Crippen MR) is 92.0 cm³/mol. The van der Waals surface area contributed by atoms with Gasteiger partial charge < -0.3 is 11.1 Å². The molecule has 2 heterocycles. The molecule has 1 aliphatic carbocycles. The predicted octanol–water partition coefficient (Wildman–Crippen LogP) is 4.54. The lowest BCUT2D eigenvalue weighted by Crippen LogP contribution is -2.25. The summed E-state index contributed by atoms with van der Waals surface area (Å²) >= 11 is 3.10. The van der Waals surface area contributed by atoms with Gasteiger partial charge in [-0.15, -0.1) is 11.3 Å². The van der Waals surface area contributed by atoms with Gasteiger partial charge in [-0.2, -0.15) is 4.37 Å². The van der Waals surface area contributed by atoms with Crippen LogP contribution in [0.3, 0.4) is 0 Å². The number of aryl methyl sites for hydroxylation is 1. The molecule has 0 unspecified atom stereocenters. The van der Waals surface area contributed by atoms with E-state index in [1.807, 2.05) is 6.92 Å². The lowest BCUT2D eigenvalue weighted by Gasteiger charge is -2.28. The van der Waals surface area contributed by atoms with E-state index in [1.165, 1.54) is 43.6 Å². The van der Waals surface area contributed by atoms with Gasteiger partial charge in [0.15, 0.2) is 0 Å². The Hall–Kier alpha value is -1.14. The third kappa shape index (κ3) is 3.21. The molecule has 0 spiro atoms. The molecule has 0 radical (unpaired) electrons. The molecule has 3 N–H and O–H groups in total. The molecular weight excluding hydrogens is 300 g/mol. The fraction of sp³-hybridized carbons (Fsp3) is 0.600. The van der Waals surface area contributed by atoms with E-state index in [-0.39, 0.29) is 0 Å². The van der Waals surface area contributed by atoms with Crippen LogP contribution < -0.4 is 11.1 Å². The lowest BCUT2D eigenvalue weighted by atomic mass is 9.84. The lowest BCUT2D eigenvalue weighted by molar-refractivity contribution is 0.330. The third-order valence-corrected chi connectivity index (χ3v) is 6.08. The summed E-state index contributed by atoms with van der Waals surface area (Å²) in [5.41, 5.74) is 8.09. The van der Waals surface area contributed by atoms with Crippen LogP contribution in [-0.4, -0.2) is 15.4 Å². The molecule has 1 aliphatic rings. The van der Waals surface area contributed by atoms with Crippen LogP contribution in [0.4, 0.5) is 10.8 Å². The van der Waals surface area contributed by atoms with Crippen LogP contribution in [0.5, 0.6) is 0 Å². The van der Waals surface area contributed by atoms with Crippen molar-refractivity contribution in [2.45, 2.75) is 52.0 Å². The van der Waals surface area contributed by atoms with E-state index >= 15 is 0 Å². The zero-order valence-electron chi connectivity index (χ0n) is 12.6. The van der Waals surface area contributed by atoms with E-state index in [4.69, 9.17) is 5.73 Å². The smallest absolute Gasteiger partial charge is 0.149 e. The Bertz CT molecular complexity index is 597. The van der Waals surface area contributed by atoms with Crippen LogP contribution in [0.15, 0.2) is 5.38 Å². The second kappa shape index (κ2) is 6.32. The van der Waals surface area contributed by atoms with E-state index in [0.717, 1.165) is 27.2 Å². The van der Waals surface area contributed by atoms with Gasteiger partial charge in [-0.25, -0.2) is 4.98 Å². The number of nitrogen functional groups attached to an aromatic ring is 1. The zero-order chi connectivity index (χ0) is 14.8. The highest BCUT2D eigenvalue weighted by molar-refractivity contribution is 7.15. The van der Waals surface area contributed by atoms with Gasteiger partial charge in [0.25, 0.3) is 0 Å². The molecule has 0 amide bonds. The number of thiazole rings is 1. The van der Waals surface area contributed by atoms with Crippen molar-refractivity contribution in [3.8, 4) is 10.6 Å². The maximum atomic E-state index is 6.06. The van der Waals surface area contributed by atoms with Crippen molar-refractivity contribution in [3.05, 3.63) is 11.1 Å². The Kier molecular flexibility index (Phi) is 4.45. The topological polar surface area (TPSA) is 63.8 Å². The first-order valence-electron chi connectivity index (χ1n) is 7.61. The Morgan fingerprint density at radius 2 is 2.10 bits per heavy atom. The second-order valence-electron chi connectivity index (χ2n) is 5.84. The molecule has 0 bridgehead atoms. The molecule has 114 valence electrons. The Morgan fingerprint density at radius 1 is 1.33 bits per heavy atom. The highest BCUT2D eigenvalue weighted by Crippen LogP contribution is 2.40. The van der Waals surface area contributed by atoms with Crippen molar-refractivity contribution in [3.63, 3.8) is 0 Å². The molecular formula is C15H22N4S2. The van der Waals surface area contributed by atoms with Crippen molar-refractivity contribution < 1.29 is 0 Å². The van der Waals surface area contributed by atoms with E-state index in [1.54, 1.807) is 11.3 Å². The van der Waals surface area contributed by atoms with Crippen LogP contribution in [0, 0.1) is 12.8 Å². The molecule has 2 aromatic heterocycles. The first-order valence-corrected chi connectivity index (χ1v) is 9.26. The van der Waals surface area contributed by atoms with Gasteiger partial charge in [0, 0.05) is 17.1 Å². The monoisotopic (exact) mass is 322 g/mol. The first-order chi connectivity index (χ1) is 10.2. The van der Waals surface area contributed by atoms with E-state index in [2.05, 4.69) is 27.0 Å². The summed E-state index contributed by atoms with van der Waals surface area (Å²) in [6.07, 6.45) is 6.45. The van der Waals surface area contributed by atoms with Crippen molar-refractivity contribution in [2.75, 3.05) is 11.1 Å². The number of anilines is 2. The molecule has 1 fully saturated rings. The van der Waals surface area contributed by atoms with Gasteiger partial charge in [0.2, 0.25) is 0 Å². The van der Waals surface area contributed by atoms with E-state index < -0.39 is 0 Å². The number of hydrogen-bond acceptors (Lipinski definition) is 6. The molecule has 3 rings (SSSR count). The number of nitrogens with one attached hydrogen (secondary N) is 1. The van der Waals surface area contributed by atoms with Gasteiger partial charge in [-0.1, -0.05) is 13.3 Å². The molecule has 1 saturated carbocycles. The SMILES string of the molecule is CCC1CCC(Nc2snc(N)c2-c2nc(C)cs2)CC1. The summed E-state index contributed by atoms with van der Waals surface area (Å²) in [6.45, 7) is 4.31. The summed E-state index contributed by atoms with van der Waals surface area (Å²) in [5.74, 6) is 1.51. The van der Waals surface area contributed by atoms with Crippen molar-refractivity contribution in [1.29, 1.82) is 0 Å². The fourth-order valence-electron chi connectivity index (χ4n) is 2.98. The van der Waals surface area contributed by atoms with Crippen LogP contribution in [0.25, 0.3) is 10.6 Å². The standard InChI is InChI=1S/C15H22N4S2/c1-3-10-4-6-11(7-5-10)18-15-12(13(16)19-21-15)14-17-9(2)8-20-14/h8,10-11,18H,3-7H2,1-2H3,(H2,16,19). The minimum Gasteiger partial charge on any atom is -0.382 e. The molecule has 2 aromatic rings. The number of hydrogen-bond donors (Lipinski definition) is 2.